The molecule has 4 amide bonds. The molecule has 15 heteroatoms. The molecule has 0 spiro atoms. The minimum Gasteiger partial charge on any atom is -0.449 e. The average Bonchev–Trinajstić information content (AvgIpc) is 3.43. The fourth-order valence-corrected chi connectivity index (χ4v) is 5.78. The molecule has 242 valence electrons. The normalized spacial score (nSPS) is 16.9. The maximum Gasteiger partial charge on any atom is 0.408 e. The van der Waals surface area contributed by atoms with Crippen LogP contribution in [0.4, 0.5) is 9.59 Å². The first-order valence-electron chi connectivity index (χ1n) is 14.3. The lowest BCUT2D eigenvalue weighted by Crippen LogP contribution is -2.47. The molecule has 2 aliphatic rings. The van der Waals surface area contributed by atoms with Crippen LogP contribution in [0.25, 0.3) is 11.1 Å². The minimum atomic E-state index is -4.91. The number of imide groups is 1. The second-order valence-electron chi connectivity index (χ2n) is 11.6. The zero-order chi connectivity index (χ0) is 32.9. The Morgan fingerprint density at radius 3 is 2.13 bits per heavy atom. The predicted molar refractivity (Wildman–Crippen MR) is 158 cm³/mol. The number of ether oxygens (including phenoxy) is 2. The van der Waals surface area contributed by atoms with Crippen molar-refractivity contribution in [1.82, 2.24) is 15.7 Å². The highest BCUT2D eigenvalue weighted by Crippen LogP contribution is 2.44. The molecule has 1 saturated heterocycles. The van der Waals surface area contributed by atoms with E-state index < -0.39 is 63.4 Å². The molecular weight excluding hydrogens is 610 g/mol. The van der Waals surface area contributed by atoms with Gasteiger partial charge in [-0.25, -0.2) is 14.4 Å². The first-order chi connectivity index (χ1) is 21.2. The molecule has 2 atom stereocenters. The van der Waals surface area contributed by atoms with Crippen LogP contribution in [0.5, 0.6) is 0 Å². The van der Waals surface area contributed by atoms with Crippen LogP contribution in [0.2, 0.25) is 0 Å². The SMILES string of the molecule is CC(C)(C)OC(=O)NC(CCCCNC(=O)OCC1c2ccccc2-c2ccccc21)C(=O)ON1C(=O)CC(S(=O)(=O)O)C1=O. The molecule has 45 heavy (non-hydrogen) atoms. The Bertz CT molecular complexity index is 1540. The van der Waals surface area contributed by atoms with Gasteiger partial charge in [-0.1, -0.05) is 48.5 Å². The molecule has 2 aromatic rings. The smallest absolute Gasteiger partial charge is 0.408 e. The van der Waals surface area contributed by atoms with Gasteiger partial charge in [0.1, 0.15) is 18.2 Å². The quantitative estimate of drug-likeness (QED) is 0.185. The van der Waals surface area contributed by atoms with Gasteiger partial charge in [0.2, 0.25) is 0 Å². The monoisotopic (exact) mass is 645 g/mol. The van der Waals surface area contributed by atoms with E-state index in [0.29, 0.717) is 6.42 Å². The molecule has 0 radical (unpaired) electrons. The molecular formula is C30H35N3O11S. The van der Waals surface area contributed by atoms with Gasteiger partial charge in [0.15, 0.2) is 5.25 Å². The van der Waals surface area contributed by atoms with Crippen molar-refractivity contribution < 1.29 is 51.3 Å². The Balaban J connectivity index is 1.28. The van der Waals surface area contributed by atoms with E-state index in [-0.39, 0.29) is 37.0 Å². The van der Waals surface area contributed by atoms with Crippen LogP contribution in [0.15, 0.2) is 48.5 Å². The Kier molecular flexibility index (Phi) is 10.1. The van der Waals surface area contributed by atoms with Crippen molar-refractivity contribution in [2.45, 2.75) is 69.3 Å². The molecule has 1 fully saturated rings. The first-order valence-corrected chi connectivity index (χ1v) is 15.8. The van der Waals surface area contributed by atoms with Gasteiger partial charge in [-0.3, -0.25) is 14.1 Å². The van der Waals surface area contributed by atoms with Gasteiger partial charge in [0.05, 0.1) is 6.42 Å². The van der Waals surface area contributed by atoms with E-state index >= 15 is 0 Å². The lowest BCUT2D eigenvalue weighted by molar-refractivity contribution is -0.199. The van der Waals surface area contributed by atoms with Gasteiger partial charge in [-0.15, -0.1) is 5.06 Å². The van der Waals surface area contributed by atoms with Crippen LogP contribution in [0, 0.1) is 0 Å². The number of nitrogens with zero attached hydrogens (tertiary/aromatic N) is 1. The summed E-state index contributed by atoms with van der Waals surface area (Å²) in [5, 5.41) is 2.84. The highest BCUT2D eigenvalue weighted by atomic mass is 32.2. The van der Waals surface area contributed by atoms with Crippen molar-refractivity contribution in [2.24, 2.45) is 0 Å². The van der Waals surface area contributed by atoms with E-state index in [9.17, 15) is 36.9 Å². The van der Waals surface area contributed by atoms with Crippen LogP contribution in [-0.4, -0.2) is 78.0 Å². The number of alkyl carbamates (subject to hydrolysis) is 2. The van der Waals surface area contributed by atoms with Crippen molar-refractivity contribution >= 4 is 40.1 Å². The minimum absolute atomic E-state index is 0.0384. The van der Waals surface area contributed by atoms with E-state index in [1.54, 1.807) is 20.8 Å². The molecule has 0 saturated carbocycles. The summed E-state index contributed by atoms with van der Waals surface area (Å²) in [5.41, 5.74) is 3.45. The molecule has 14 nitrogen and oxygen atoms in total. The van der Waals surface area contributed by atoms with Gasteiger partial charge in [-0.2, -0.15) is 8.42 Å². The number of rotatable bonds is 11. The van der Waals surface area contributed by atoms with Crippen LogP contribution < -0.4 is 10.6 Å². The summed E-state index contributed by atoms with van der Waals surface area (Å²) in [5.74, 6) is -3.92. The topological polar surface area (TPSA) is 195 Å². The zero-order valence-electron chi connectivity index (χ0n) is 25.0. The predicted octanol–water partition coefficient (Wildman–Crippen LogP) is 3.06. The maximum atomic E-state index is 12.9. The van der Waals surface area contributed by atoms with Gasteiger partial charge in [0.25, 0.3) is 21.9 Å². The highest BCUT2D eigenvalue weighted by Gasteiger charge is 2.49. The van der Waals surface area contributed by atoms with Crippen LogP contribution >= 0.6 is 0 Å². The van der Waals surface area contributed by atoms with Crippen molar-refractivity contribution in [3.8, 4) is 11.1 Å². The number of nitrogens with one attached hydrogen (secondary N) is 2. The summed E-state index contributed by atoms with van der Waals surface area (Å²) in [7, 11) is -4.91. The number of hydrogen-bond donors (Lipinski definition) is 3. The van der Waals surface area contributed by atoms with Gasteiger partial charge in [-0.05, 0) is 62.3 Å². The number of fused-ring (bicyclic) bond motifs is 3. The van der Waals surface area contributed by atoms with Crippen molar-refractivity contribution in [2.75, 3.05) is 13.2 Å². The molecule has 1 aliphatic carbocycles. The van der Waals surface area contributed by atoms with Crippen molar-refractivity contribution in [3.05, 3.63) is 59.7 Å². The third-order valence-corrected chi connectivity index (χ3v) is 8.20. The summed E-state index contributed by atoms with van der Waals surface area (Å²) in [4.78, 5) is 66.9. The number of amides is 4. The van der Waals surface area contributed by atoms with E-state index in [1.165, 1.54) is 0 Å². The summed E-state index contributed by atoms with van der Waals surface area (Å²) < 4.78 is 42.6. The van der Waals surface area contributed by atoms with Gasteiger partial charge in [0, 0.05) is 12.5 Å². The highest BCUT2D eigenvalue weighted by molar-refractivity contribution is 7.87. The summed E-state index contributed by atoms with van der Waals surface area (Å²) >= 11 is 0. The van der Waals surface area contributed by atoms with Gasteiger partial charge < -0.3 is 24.9 Å². The second-order valence-corrected chi connectivity index (χ2v) is 13.2. The standard InChI is InChI=1S/C30H35N3O11S/c1-30(2,3)43-29(38)32-23(27(36)44-33-25(34)16-24(26(33)35)45(39,40)41)14-8-9-15-31-28(37)42-17-22-20-12-6-4-10-18(20)19-11-5-7-13-21(19)22/h4-7,10-13,22-24H,8-9,14-17H2,1-3H3,(H,31,37)(H,32,38)(H,39,40,41). The number of carbonyl (C=O) groups is 5. The fourth-order valence-electron chi connectivity index (χ4n) is 5.08. The Morgan fingerprint density at radius 2 is 1.58 bits per heavy atom. The van der Waals surface area contributed by atoms with E-state index in [2.05, 4.69) is 10.6 Å². The molecule has 0 bridgehead atoms. The Morgan fingerprint density at radius 1 is 0.978 bits per heavy atom. The molecule has 4 rings (SSSR count). The maximum absolute atomic E-state index is 12.9. The average molecular weight is 646 g/mol. The molecule has 1 heterocycles. The number of hydroxylamine groups is 2. The van der Waals surface area contributed by atoms with E-state index in [4.69, 9.17) is 14.3 Å². The van der Waals surface area contributed by atoms with Gasteiger partial charge >= 0.3 is 18.2 Å². The van der Waals surface area contributed by atoms with E-state index in [0.717, 1.165) is 22.3 Å². The third-order valence-electron chi connectivity index (χ3n) is 7.11. The van der Waals surface area contributed by atoms with E-state index in [1.807, 2.05) is 48.5 Å². The zero-order valence-corrected chi connectivity index (χ0v) is 25.8. The largest absolute Gasteiger partial charge is 0.449 e. The Hall–Kier alpha value is -4.50. The molecule has 1 aliphatic heterocycles. The summed E-state index contributed by atoms with van der Waals surface area (Å²) in [6.07, 6.45) is -1.96. The van der Waals surface area contributed by atoms with Crippen molar-refractivity contribution in [1.29, 1.82) is 0 Å². The first kappa shape index (κ1) is 33.4. The van der Waals surface area contributed by atoms with Crippen LogP contribution in [-0.2, 0) is 38.8 Å². The number of unbranched alkanes of at least 4 members (excludes halogenated alkanes) is 1. The van der Waals surface area contributed by atoms with Crippen molar-refractivity contribution in [3.63, 3.8) is 0 Å². The summed E-state index contributed by atoms with van der Waals surface area (Å²) in [6.45, 7) is 5.12. The number of carbonyl (C=O) groups excluding carboxylic acids is 5. The molecule has 2 aromatic carbocycles. The Labute approximate surface area is 260 Å². The summed E-state index contributed by atoms with van der Waals surface area (Å²) in [6, 6.07) is 14.5. The number of benzene rings is 2. The van der Waals surface area contributed by atoms with Crippen LogP contribution in [0.1, 0.15) is 63.5 Å². The molecule has 0 aromatic heterocycles. The second kappa shape index (κ2) is 13.6. The molecule has 2 unspecified atom stereocenters. The molecule has 3 N–H and O–H groups in total. The van der Waals surface area contributed by atoms with Crippen LogP contribution in [0.3, 0.4) is 0 Å². The fraction of sp³-hybridized carbons (Fsp3) is 0.433. The lowest BCUT2D eigenvalue weighted by Gasteiger charge is -2.23. The lowest BCUT2D eigenvalue weighted by atomic mass is 9.98. The number of hydrogen-bond acceptors (Lipinski definition) is 10. The third kappa shape index (κ3) is 8.36.